The molecule has 8 nitrogen and oxygen atoms in total. The van der Waals surface area contributed by atoms with Gasteiger partial charge in [-0.2, -0.15) is 4.98 Å². The lowest BCUT2D eigenvalue weighted by atomic mass is 10.1. The van der Waals surface area contributed by atoms with Crippen LogP contribution in [0.25, 0.3) is 16.2 Å². The summed E-state index contributed by atoms with van der Waals surface area (Å²) < 4.78 is 1.64. The van der Waals surface area contributed by atoms with E-state index in [1.165, 1.54) is 17.4 Å². The molecule has 4 heterocycles. The molecular formula is C21H18N6O2S. The predicted molar refractivity (Wildman–Crippen MR) is 115 cm³/mol. The summed E-state index contributed by atoms with van der Waals surface area (Å²) in [6, 6.07) is 13.1. The van der Waals surface area contributed by atoms with E-state index in [0.29, 0.717) is 23.1 Å². The number of benzene rings is 1. The molecule has 0 bridgehead atoms. The molecule has 0 aliphatic carbocycles. The third-order valence-electron chi connectivity index (χ3n) is 5.07. The minimum atomic E-state index is -0.415. The molecule has 30 heavy (non-hydrogen) atoms. The molecule has 0 saturated carbocycles. The number of fused-ring (bicyclic) bond motifs is 1. The Labute approximate surface area is 175 Å². The SMILES string of the molecule is O=C(NC1CCN(c2nccc(-c3ccccc3)n2)C1)c1cc(=O)nc2sccn12. The first-order valence-corrected chi connectivity index (χ1v) is 10.5. The molecule has 1 N–H and O–H groups in total. The third kappa shape index (κ3) is 3.55. The van der Waals surface area contributed by atoms with Crippen molar-refractivity contribution < 1.29 is 4.79 Å². The normalized spacial score (nSPS) is 16.1. The summed E-state index contributed by atoms with van der Waals surface area (Å²) >= 11 is 1.32. The Kier molecular flexibility index (Phi) is 4.72. The van der Waals surface area contributed by atoms with Crippen LogP contribution in [0.1, 0.15) is 16.9 Å². The Morgan fingerprint density at radius 2 is 2.03 bits per heavy atom. The van der Waals surface area contributed by atoms with Gasteiger partial charge in [0.05, 0.1) is 5.69 Å². The third-order valence-corrected chi connectivity index (χ3v) is 5.82. The van der Waals surface area contributed by atoms with E-state index in [0.717, 1.165) is 24.2 Å². The summed E-state index contributed by atoms with van der Waals surface area (Å²) in [6.45, 7) is 1.35. The van der Waals surface area contributed by atoms with Crippen LogP contribution in [0.15, 0.2) is 65.0 Å². The summed E-state index contributed by atoms with van der Waals surface area (Å²) in [5.74, 6) is 0.363. The van der Waals surface area contributed by atoms with Crippen molar-refractivity contribution in [1.29, 1.82) is 0 Å². The molecule has 9 heteroatoms. The van der Waals surface area contributed by atoms with Crippen LogP contribution in [0.2, 0.25) is 0 Å². The van der Waals surface area contributed by atoms with Crippen LogP contribution in [-0.2, 0) is 0 Å². The van der Waals surface area contributed by atoms with Crippen LogP contribution in [0, 0.1) is 0 Å². The standard InChI is InChI=1S/C21H18N6O2S/c28-18-12-17(27-10-11-30-21(27)25-18)19(29)23-15-7-9-26(13-15)20-22-8-6-16(24-20)14-4-2-1-3-5-14/h1-6,8,10-12,15H,7,9,13H2,(H,23,29). The number of carbonyl (C=O) groups excluding carboxylic acids is 1. The van der Waals surface area contributed by atoms with Crippen molar-refractivity contribution in [3.8, 4) is 11.3 Å². The maximum absolute atomic E-state index is 12.8. The number of hydrogen-bond donors (Lipinski definition) is 1. The summed E-state index contributed by atoms with van der Waals surface area (Å²) in [4.78, 5) is 40.2. The molecule has 1 aromatic carbocycles. The van der Waals surface area contributed by atoms with Crippen molar-refractivity contribution in [2.24, 2.45) is 0 Å². The zero-order valence-electron chi connectivity index (χ0n) is 15.9. The van der Waals surface area contributed by atoms with Gasteiger partial charge in [0.15, 0.2) is 4.96 Å². The van der Waals surface area contributed by atoms with Crippen LogP contribution in [-0.4, -0.2) is 44.4 Å². The second-order valence-electron chi connectivity index (χ2n) is 7.05. The van der Waals surface area contributed by atoms with Gasteiger partial charge in [0, 0.05) is 48.5 Å². The smallest absolute Gasteiger partial charge is 0.274 e. The maximum Gasteiger partial charge on any atom is 0.274 e. The van der Waals surface area contributed by atoms with Gasteiger partial charge in [-0.1, -0.05) is 30.3 Å². The summed E-state index contributed by atoms with van der Waals surface area (Å²) in [5, 5.41) is 4.83. The number of amides is 1. The molecule has 5 rings (SSSR count). The Morgan fingerprint density at radius 1 is 1.17 bits per heavy atom. The first-order chi connectivity index (χ1) is 14.7. The number of thiazole rings is 1. The van der Waals surface area contributed by atoms with E-state index in [9.17, 15) is 9.59 Å². The largest absolute Gasteiger partial charge is 0.346 e. The predicted octanol–water partition coefficient (Wildman–Crippen LogP) is 2.22. The van der Waals surface area contributed by atoms with E-state index >= 15 is 0 Å². The van der Waals surface area contributed by atoms with Crippen molar-refractivity contribution >= 4 is 28.2 Å². The number of aromatic nitrogens is 4. The van der Waals surface area contributed by atoms with Gasteiger partial charge >= 0.3 is 0 Å². The van der Waals surface area contributed by atoms with Crippen LogP contribution in [0.5, 0.6) is 0 Å². The highest BCUT2D eigenvalue weighted by atomic mass is 32.1. The number of nitrogens with one attached hydrogen (secondary N) is 1. The van der Waals surface area contributed by atoms with Gasteiger partial charge in [-0.25, -0.2) is 9.97 Å². The molecule has 0 radical (unpaired) electrons. The van der Waals surface area contributed by atoms with Gasteiger partial charge in [0.25, 0.3) is 11.5 Å². The minimum Gasteiger partial charge on any atom is -0.346 e. The van der Waals surface area contributed by atoms with Crippen LogP contribution in [0.3, 0.4) is 0 Å². The average molecular weight is 418 g/mol. The van der Waals surface area contributed by atoms with Crippen LogP contribution >= 0.6 is 11.3 Å². The molecule has 1 aliphatic heterocycles. The Morgan fingerprint density at radius 3 is 2.90 bits per heavy atom. The highest BCUT2D eigenvalue weighted by molar-refractivity contribution is 7.15. The lowest BCUT2D eigenvalue weighted by molar-refractivity contribution is 0.0934. The Bertz CT molecular complexity index is 1270. The molecule has 150 valence electrons. The number of anilines is 1. The molecule has 3 aromatic heterocycles. The molecule has 1 saturated heterocycles. The lowest BCUT2D eigenvalue weighted by Crippen LogP contribution is -2.38. The van der Waals surface area contributed by atoms with E-state index in [4.69, 9.17) is 4.98 Å². The molecule has 4 aromatic rings. The van der Waals surface area contributed by atoms with Gasteiger partial charge in [0.1, 0.15) is 5.69 Å². The quantitative estimate of drug-likeness (QED) is 0.546. The fourth-order valence-electron chi connectivity index (χ4n) is 3.61. The average Bonchev–Trinajstić information content (AvgIpc) is 3.43. The Hall–Kier alpha value is -3.59. The summed E-state index contributed by atoms with van der Waals surface area (Å²) in [6.07, 6.45) is 4.27. The second-order valence-corrected chi connectivity index (χ2v) is 7.92. The van der Waals surface area contributed by atoms with E-state index in [1.807, 2.05) is 36.4 Å². The van der Waals surface area contributed by atoms with Gasteiger partial charge in [-0.15, -0.1) is 11.3 Å². The fourth-order valence-corrected chi connectivity index (χ4v) is 4.33. The highest BCUT2D eigenvalue weighted by Crippen LogP contribution is 2.21. The minimum absolute atomic E-state index is 0.0564. The molecule has 0 spiro atoms. The monoisotopic (exact) mass is 418 g/mol. The molecular weight excluding hydrogens is 400 g/mol. The molecule has 1 aliphatic rings. The van der Waals surface area contributed by atoms with E-state index in [-0.39, 0.29) is 11.9 Å². The number of nitrogens with zero attached hydrogens (tertiary/aromatic N) is 5. The zero-order chi connectivity index (χ0) is 20.5. The van der Waals surface area contributed by atoms with Gasteiger partial charge in [-0.05, 0) is 12.5 Å². The fraction of sp³-hybridized carbons (Fsp3) is 0.190. The topological polar surface area (TPSA) is 92.5 Å². The molecule has 1 fully saturated rings. The van der Waals surface area contributed by atoms with Gasteiger partial charge in [0.2, 0.25) is 5.95 Å². The number of hydrogen-bond acceptors (Lipinski definition) is 7. The highest BCUT2D eigenvalue weighted by Gasteiger charge is 2.27. The number of carbonyl (C=O) groups is 1. The van der Waals surface area contributed by atoms with E-state index in [1.54, 1.807) is 22.2 Å². The van der Waals surface area contributed by atoms with E-state index in [2.05, 4.69) is 20.2 Å². The second kappa shape index (κ2) is 7.68. The van der Waals surface area contributed by atoms with Crippen LogP contribution in [0.4, 0.5) is 5.95 Å². The summed E-state index contributed by atoms with van der Waals surface area (Å²) in [7, 11) is 0. The maximum atomic E-state index is 12.8. The summed E-state index contributed by atoms with van der Waals surface area (Å²) in [5.41, 5.74) is 1.78. The van der Waals surface area contributed by atoms with Crippen molar-refractivity contribution in [2.75, 3.05) is 18.0 Å². The zero-order valence-corrected chi connectivity index (χ0v) is 16.7. The molecule has 1 unspecified atom stereocenters. The first-order valence-electron chi connectivity index (χ1n) is 9.58. The van der Waals surface area contributed by atoms with Gasteiger partial charge in [-0.3, -0.25) is 14.0 Å². The number of rotatable bonds is 4. The van der Waals surface area contributed by atoms with Gasteiger partial charge < -0.3 is 10.2 Å². The molecule has 1 amide bonds. The van der Waals surface area contributed by atoms with Crippen molar-refractivity contribution in [1.82, 2.24) is 24.7 Å². The van der Waals surface area contributed by atoms with Crippen molar-refractivity contribution in [2.45, 2.75) is 12.5 Å². The molecule has 1 atom stereocenters. The lowest BCUT2D eigenvalue weighted by Gasteiger charge is -2.17. The first kappa shape index (κ1) is 18.4. The van der Waals surface area contributed by atoms with Crippen molar-refractivity contribution in [3.05, 3.63) is 76.3 Å². The van der Waals surface area contributed by atoms with E-state index < -0.39 is 5.56 Å². The van der Waals surface area contributed by atoms with Crippen molar-refractivity contribution in [3.63, 3.8) is 0 Å². The van der Waals surface area contributed by atoms with Crippen LogP contribution < -0.4 is 15.8 Å². The Balaban J connectivity index is 1.31.